The summed E-state index contributed by atoms with van der Waals surface area (Å²) in [5.41, 5.74) is 1.26. The number of ether oxygens (including phenoxy) is 1. The molecule has 0 spiro atoms. The van der Waals surface area contributed by atoms with E-state index in [4.69, 9.17) is 4.74 Å². The predicted molar refractivity (Wildman–Crippen MR) is 102 cm³/mol. The smallest absolute Gasteiger partial charge is 0.453 e. The van der Waals surface area contributed by atoms with Crippen molar-refractivity contribution < 1.29 is 36.6 Å². The molecule has 174 valence electrons. The third-order valence-corrected chi connectivity index (χ3v) is 4.90. The van der Waals surface area contributed by atoms with Crippen LogP contribution in [0.4, 0.5) is 22.0 Å². The molecule has 0 amide bonds. The van der Waals surface area contributed by atoms with Gasteiger partial charge in [0.25, 0.3) is 0 Å². The van der Waals surface area contributed by atoms with Crippen LogP contribution in [-0.4, -0.2) is 62.8 Å². The number of nitrogens with zero attached hydrogens (tertiary/aromatic N) is 5. The molecule has 0 aliphatic carbocycles. The molecule has 3 rings (SSSR count). The molecule has 2 N–H and O–H groups in total. The second kappa shape index (κ2) is 8.07. The Morgan fingerprint density at radius 3 is 2.56 bits per heavy atom. The van der Waals surface area contributed by atoms with Crippen molar-refractivity contribution in [2.24, 2.45) is 15.5 Å². The molecule has 9 nitrogen and oxygen atoms in total. The molecule has 0 saturated carbocycles. The molecule has 1 aliphatic rings. The highest BCUT2D eigenvalue weighted by Gasteiger charge is 2.56. The van der Waals surface area contributed by atoms with Crippen molar-refractivity contribution in [3.63, 3.8) is 0 Å². The van der Waals surface area contributed by atoms with Crippen LogP contribution >= 0.6 is 0 Å². The molecule has 14 heteroatoms. The Kier molecular flexibility index (Phi) is 5.93. The number of amidine groups is 1. The van der Waals surface area contributed by atoms with Gasteiger partial charge in [-0.15, -0.1) is 0 Å². The van der Waals surface area contributed by atoms with Gasteiger partial charge in [-0.25, -0.2) is 14.7 Å². The minimum atomic E-state index is -5.69. The van der Waals surface area contributed by atoms with Crippen molar-refractivity contribution in [2.45, 2.75) is 45.1 Å². The zero-order valence-corrected chi connectivity index (χ0v) is 17.1. The normalized spacial score (nSPS) is 17.6. The fourth-order valence-corrected chi connectivity index (χ4v) is 3.05. The van der Waals surface area contributed by atoms with Crippen molar-refractivity contribution in [1.82, 2.24) is 20.2 Å². The molecule has 3 heterocycles. The summed E-state index contributed by atoms with van der Waals surface area (Å²) in [6.45, 7) is 2.16. The van der Waals surface area contributed by atoms with E-state index < -0.39 is 42.7 Å². The Hall–Kier alpha value is -3.16. The fraction of sp³-hybridized carbons (Fsp3) is 0.500. The van der Waals surface area contributed by atoms with Crippen LogP contribution in [0.3, 0.4) is 0 Å². The number of aliphatic hydroxyl groups excluding tert-OH is 1. The Balaban J connectivity index is 1.93. The van der Waals surface area contributed by atoms with E-state index in [1.165, 1.54) is 39.3 Å². The number of halogens is 5. The summed E-state index contributed by atoms with van der Waals surface area (Å²) in [6.07, 6.45) is -7.47. The summed E-state index contributed by atoms with van der Waals surface area (Å²) >= 11 is 0. The van der Waals surface area contributed by atoms with Gasteiger partial charge in [-0.05, 0) is 26.0 Å². The number of pyridine rings is 1. The number of hydrogen-bond donors (Lipinski definition) is 2. The quantitative estimate of drug-likeness (QED) is 0.503. The predicted octanol–water partition coefficient (Wildman–Crippen LogP) is 2.24. The van der Waals surface area contributed by atoms with Crippen LogP contribution in [0.1, 0.15) is 26.0 Å². The number of carbonyl (C=O) groups excluding carboxylic acids is 1. The summed E-state index contributed by atoms with van der Waals surface area (Å²) in [4.78, 5) is 20.0. The summed E-state index contributed by atoms with van der Waals surface area (Å²) in [6, 6.07) is 3.02. The van der Waals surface area contributed by atoms with Gasteiger partial charge >= 0.3 is 18.1 Å². The topological polar surface area (TPSA) is 114 Å². The minimum Gasteiger partial charge on any atom is -0.468 e. The standard InChI is InChI=1S/C18H19F5N6O3/c1-16(2,15(31)32-3)11-14(30)25-12(27-26-11)10-9-5-4-7-24-13(9)29(28-10)8-6-17(19,20)18(21,22)23/h4-5,7,14,30H,6,8H2,1-3H3,(H,25,27). The Morgan fingerprint density at radius 2 is 1.97 bits per heavy atom. The number of aromatic nitrogens is 3. The lowest BCUT2D eigenvalue weighted by molar-refractivity contribution is -0.285. The first-order chi connectivity index (χ1) is 14.8. The number of carbonyl (C=O) groups is 1. The fourth-order valence-electron chi connectivity index (χ4n) is 3.05. The summed E-state index contributed by atoms with van der Waals surface area (Å²) in [5, 5.41) is 18.8. The highest BCUT2D eigenvalue weighted by atomic mass is 19.4. The van der Waals surface area contributed by atoms with Gasteiger partial charge in [0.05, 0.1) is 12.5 Å². The van der Waals surface area contributed by atoms with Gasteiger partial charge in [-0.3, -0.25) is 10.2 Å². The number of esters is 1. The summed E-state index contributed by atoms with van der Waals surface area (Å²) < 4.78 is 69.8. The van der Waals surface area contributed by atoms with Crippen molar-refractivity contribution in [3.05, 3.63) is 24.0 Å². The molecular formula is C18H19F5N6O3. The molecule has 1 aliphatic heterocycles. The zero-order chi connectivity index (χ0) is 23.9. The Bertz CT molecular complexity index is 1090. The van der Waals surface area contributed by atoms with E-state index in [9.17, 15) is 31.9 Å². The Labute approximate surface area is 178 Å². The number of alkyl halides is 5. The van der Waals surface area contributed by atoms with Crippen LogP contribution in [-0.2, 0) is 16.1 Å². The van der Waals surface area contributed by atoms with E-state index in [1.807, 2.05) is 0 Å². The van der Waals surface area contributed by atoms with Crippen molar-refractivity contribution in [2.75, 3.05) is 7.11 Å². The number of hydrazone groups is 1. The lowest BCUT2D eigenvalue weighted by Gasteiger charge is -2.28. The van der Waals surface area contributed by atoms with Crippen LogP contribution in [0.25, 0.3) is 11.0 Å². The first-order valence-electron chi connectivity index (χ1n) is 9.24. The number of methoxy groups -OCH3 is 1. The van der Waals surface area contributed by atoms with Crippen molar-refractivity contribution in [3.8, 4) is 0 Å². The maximum absolute atomic E-state index is 13.4. The molecule has 0 bridgehead atoms. The van der Waals surface area contributed by atoms with Gasteiger partial charge in [0.15, 0.2) is 17.7 Å². The summed E-state index contributed by atoms with van der Waals surface area (Å²) in [5.74, 6) is -5.66. The van der Waals surface area contributed by atoms with Gasteiger partial charge in [0, 0.05) is 19.2 Å². The summed E-state index contributed by atoms with van der Waals surface area (Å²) in [7, 11) is 1.18. The average Bonchev–Trinajstić information content (AvgIpc) is 3.09. The van der Waals surface area contributed by atoms with Crippen LogP contribution in [0.15, 0.2) is 28.4 Å². The van der Waals surface area contributed by atoms with Gasteiger partial charge in [-0.1, -0.05) is 0 Å². The van der Waals surface area contributed by atoms with E-state index in [-0.39, 0.29) is 28.3 Å². The van der Waals surface area contributed by atoms with E-state index >= 15 is 0 Å². The molecule has 2 aromatic heterocycles. The second-order valence-electron chi connectivity index (χ2n) is 7.48. The lowest BCUT2D eigenvalue weighted by atomic mass is 9.86. The lowest BCUT2D eigenvalue weighted by Crippen LogP contribution is -2.45. The molecule has 0 saturated heterocycles. The van der Waals surface area contributed by atoms with Crippen LogP contribution in [0, 0.1) is 5.41 Å². The highest BCUT2D eigenvalue weighted by Crippen LogP contribution is 2.38. The number of aliphatic imine (C=N–C) groups is 1. The van der Waals surface area contributed by atoms with Crippen LogP contribution < -0.4 is 5.43 Å². The first kappa shape index (κ1) is 23.5. The van der Waals surface area contributed by atoms with E-state index in [0.717, 1.165) is 4.68 Å². The zero-order valence-electron chi connectivity index (χ0n) is 17.1. The number of rotatable bonds is 6. The first-order valence-corrected chi connectivity index (χ1v) is 9.24. The van der Waals surface area contributed by atoms with E-state index in [1.54, 1.807) is 0 Å². The second-order valence-corrected chi connectivity index (χ2v) is 7.48. The molecule has 0 aromatic carbocycles. The van der Waals surface area contributed by atoms with Gasteiger partial charge in [0.1, 0.15) is 16.8 Å². The Morgan fingerprint density at radius 1 is 1.28 bits per heavy atom. The van der Waals surface area contributed by atoms with E-state index in [0.29, 0.717) is 0 Å². The number of aliphatic hydroxyl groups is 1. The van der Waals surface area contributed by atoms with E-state index in [2.05, 4.69) is 25.6 Å². The minimum absolute atomic E-state index is 0.0288. The van der Waals surface area contributed by atoms with Crippen LogP contribution in [0.2, 0.25) is 0 Å². The third kappa shape index (κ3) is 4.13. The molecule has 0 fully saturated rings. The maximum atomic E-state index is 13.4. The van der Waals surface area contributed by atoms with Gasteiger partial charge < -0.3 is 9.84 Å². The molecule has 1 unspecified atom stereocenters. The SMILES string of the molecule is COC(=O)C(C)(C)C1=NNC(c2nn(CCC(F)(F)C(F)(F)F)c3ncccc23)=NC1O. The highest BCUT2D eigenvalue weighted by molar-refractivity contribution is 6.13. The molecular weight excluding hydrogens is 443 g/mol. The van der Waals surface area contributed by atoms with Crippen molar-refractivity contribution in [1.29, 1.82) is 0 Å². The third-order valence-electron chi connectivity index (χ3n) is 4.90. The number of nitrogens with one attached hydrogen (secondary N) is 1. The monoisotopic (exact) mass is 462 g/mol. The number of aryl methyl sites for hydroxylation is 1. The average molecular weight is 462 g/mol. The van der Waals surface area contributed by atoms with Gasteiger partial charge in [0.2, 0.25) is 0 Å². The molecule has 2 aromatic rings. The van der Waals surface area contributed by atoms with Gasteiger partial charge in [-0.2, -0.15) is 32.2 Å². The largest absolute Gasteiger partial charge is 0.468 e. The molecule has 0 radical (unpaired) electrons. The maximum Gasteiger partial charge on any atom is 0.453 e. The molecule has 1 atom stereocenters. The number of hydrogen-bond acceptors (Lipinski definition) is 8. The number of fused-ring (bicyclic) bond motifs is 1. The van der Waals surface area contributed by atoms with Crippen LogP contribution in [0.5, 0.6) is 0 Å². The molecule has 32 heavy (non-hydrogen) atoms. The van der Waals surface area contributed by atoms with Crippen molar-refractivity contribution >= 4 is 28.6 Å².